The van der Waals surface area contributed by atoms with Crippen LogP contribution in [-0.2, 0) is 18.3 Å². The average molecular weight is 1160 g/mol. The van der Waals surface area contributed by atoms with Gasteiger partial charge in [-0.15, -0.1) is 11.8 Å². The first-order valence-corrected chi connectivity index (χ1v) is 33.2. The zero-order chi connectivity index (χ0) is 59.2. The number of rotatable bonds is 10. The van der Waals surface area contributed by atoms with Crippen LogP contribution in [0, 0.1) is 11.8 Å². The quantitative estimate of drug-likeness (QED) is 0.135. The number of benzene rings is 9. The van der Waals surface area contributed by atoms with Crippen molar-refractivity contribution >= 4 is 40.6 Å². The van der Waals surface area contributed by atoms with E-state index in [-0.39, 0.29) is 27.8 Å². The smallest absolute Gasteiger partial charge is 0.0470 e. The third-order valence-corrected chi connectivity index (χ3v) is 22.2. The number of fused-ring (bicyclic) bond motifs is 14. The van der Waals surface area contributed by atoms with Gasteiger partial charge in [-0.2, -0.15) is 0 Å². The number of thioether (sulfide) groups is 1. The summed E-state index contributed by atoms with van der Waals surface area (Å²) in [6, 6.07) is 80.9. The van der Waals surface area contributed by atoms with Crippen LogP contribution in [0.4, 0.5) is 22.7 Å². The van der Waals surface area contributed by atoms with Crippen LogP contribution < -0.4 is 9.80 Å². The Balaban J connectivity index is 0.788. The molecular weight excluding hydrogens is 1090 g/mol. The zero-order valence-corrected chi connectivity index (χ0v) is 51.3. The molecule has 1 fully saturated rings. The van der Waals surface area contributed by atoms with Gasteiger partial charge in [-0.3, -0.25) is 0 Å². The van der Waals surface area contributed by atoms with Gasteiger partial charge in [0.15, 0.2) is 0 Å². The summed E-state index contributed by atoms with van der Waals surface area (Å²) in [4.78, 5) is 5.21. The van der Waals surface area contributed by atoms with Crippen LogP contribution in [0.5, 0.6) is 0 Å². The summed E-state index contributed by atoms with van der Waals surface area (Å²) >= 11 is 2.19. The summed E-state index contributed by atoms with van der Waals surface area (Å²) in [5.74, 6) is 1.25. The Hall–Kier alpha value is -9.41. The molecule has 1 aliphatic heterocycles. The van der Waals surface area contributed by atoms with Crippen molar-refractivity contribution < 1.29 is 0 Å². The van der Waals surface area contributed by atoms with Crippen molar-refractivity contribution in [3.05, 3.63) is 352 Å². The summed E-state index contributed by atoms with van der Waals surface area (Å²) in [6.45, 7) is 4.78. The molecule has 3 heteroatoms. The first-order valence-electron chi connectivity index (χ1n) is 32.3. The lowest BCUT2D eigenvalue weighted by atomic mass is 9.65. The van der Waals surface area contributed by atoms with E-state index in [0.29, 0.717) is 11.8 Å². The predicted octanol–water partition coefficient (Wildman–Crippen LogP) is 22.4. The molecule has 1 heterocycles. The maximum Gasteiger partial charge on any atom is 0.0470 e. The molecule has 1 saturated heterocycles. The van der Waals surface area contributed by atoms with Gasteiger partial charge in [-0.25, -0.2) is 0 Å². The van der Waals surface area contributed by atoms with Crippen molar-refractivity contribution in [3.8, 4) is 44.5 Å². The van der Waals surface area contributed by atoms with E-state index in [0.717, 1.165) is 32.1 Å². The lowest BCUT2D eigenvalue weighted by Crippen LogP contribution is -2.32. The highest BCUT2D eigenvalue weighted by atomic mass is 32.2. The number of nitrogens with zero attached hydrogens (tertiary/aromatic N) is 2. The monoisotopic (exact) mass is 1160 g/mol. The van der Waals surface area contributed by atoms with Gasteiger partial charge in [0.2, 0.25) is 0 Å². The van der Waals surface area contributed by atoms with Crippen LogP contribution in [0.1, 0.15) is 89.1 Å². The normalized spacial score (nSPS) is 22.9. The van der Waals surface area contributed by atoms with Crippen molar-refractivity contribution in [2.24, 2.45) is 11.8 Å². The SMILES string of the molecule is CC1C=C(C2=CC(N(c3ccc4c(c3)-c3ccccc3C3C5=CC=C(N(c6cc(-c7ccccc7)cc(-c7ccccc7)c6)c6ccc7c(c6)-c6ccccc6CC7)CC5SC43)c3ccc4c(c3)C3(C)C=CC=CC3C=C4)=CC(c3ccccc3)C2)C=CC1. The molecule has 0 saturated carbocycles. The Kier molecular flexibility index (Phi) is 13.3. The minimum Gasteiger partial charge on any atom is -0.314 e. The molecule has 9 aromatic carbocycles. The van der Waals surface area contributed by atoms with E-state index in [9.17, 15) is 0 Å². The van der Waals surface area contributed by atoms with Crippen molar-refractivity contribution in [1.29, 1.82) is 0 Å². The number of aryl methyl sites for hydroxylation is 2. The molecule has 89 heavy (non-hydrogen) atoms. The van der Waals surface area contributed by atoms with E-state index < -0.39 is 0 Å². The van der Waals surface area contributed by atoms with Crippen molar-refractivity contribution in [1.82, 2.24) is 0 Å². The lowest BCUT2D eigenvalue weighted by molar-refractivity contribution is 0.493. The van der Waals surface area contributed by atoms with Crippen molar-refractivity contribution in [3.63, 3.8) is 0 Å². The van der Waals surface area contributed by atoms with Gasteiger partial charge in [0, 0.05) is 74.2 Å². The highest BCUT2D eigenvalue weighted by Gasteiger charge is 2.47. The summed E-state index contributed by atoms with van der Waals surface area (Å²) < 4.78 is 0. The van der Waals surface area contributed by atoms with Crippen LogP contribution in [0.15, 0.2) is 313 Å². The first-order chi connectivity index (χ1) is 43.8. The number of allylic oxidation sites excluding steroid dienone is 15. The summed E-state index contributed by atoms with van der Waals surface area (Å²) in [6.07, 6.45) is 36.4. The van der Waals surface area contributed by atoms with Gasteiger partial charge in [-0.1, -0.05) is 238 Å². The van der Waals surface area contributed by atoms with Crippen LogP contribution in [-0.4, -0.2) is 5.25 Å². The summed E-state index contributed by atoms with van der Waals surface area (Å²) in [7, 11) is 0. The Labute approximate surface area is 529 Å². The molecule has 9 aromatic rings. The van der Waals surface area contributed by atoms with Gasteiger partial charge in [0.1, 0.15) is 0 Å². The van der Waals surface area contributed by atoms with E-state index in [1.54, 1.807) is 0 Å². The van der Waals surface area contributed by atoms with Crippen LogP contribution >= 0.6 is 11.8 Å². The molecule has 2 nitrogen and oxygen atoms in total. The molecule has 7 aliphatic carbocycles. The highest BCUT2D eigenvalue weighted by Crippen LogP contribution is 2.65. The van der Waals surface area contributed by atoms with Crippen LogP contribution in [0.3, 0.4) is 0 Å². The maximum absolute atomic E-state index is 2.61. The Bertz CT molecular complexity index is 4560. The summed E-state index contributed by atoms with van der Waals surface area (Å²) in [5.41, 5.74) is 31.4. The summed E-state index contributed by atoms with van der Waals surface area (Å²) in [5, 5.41) is 0.529. The fraction of sp³-hybridized carbons (Fsp3) is 0.163. The largest absolute Gasteiger partial charge is 0.314 e. The molecule has 0 spiro atoms. The fourth-order valence-electron chi connectivity index (χ4n) is 16.1. The zero-order valence-electron chi connectivity index (χ0n) is 50.5. The molecule has 430 valence electrons. The Morgan fingerprint density at radius 1 is 0.517 bits per heavy atom. The van der Waals surface area contributed by atoms with Crippen molar-refractivity contribution in [2.45, 2.75) is 73.7 Å². The Morgan fingerprint density at radius 2 is 1.20 bits per heavy atom. The van der Waals surface area contributed by atoms with Gasteiger partial charge < -0.3 is 9.80 Å². The number of hydrogen-bond donors (Lipinski definition) is 0. The topological polar surface area (TPSA) is 6.48 Å². The molecule has 0 aromatic heterocycles. The van der Waals surface area contributed by atoms with Crippen LogP contribution in [0.25, 0.3) is 50.6 Å². The lowest BCUT2D eigenvalue weighted by Gasteiger charge is -2.39. The van der Waals surface area contributed by atoms with Gasteiger partial charge >= 0.3 is 0 Å². The second-order valence-electron chi connectivity index (χ2n) is 26.0. The van der Waals surface area contributed by atoms with Crippen LogP contribution in [0.2, 0.25) is 0 Å². The molecule has 17 rings (SSSR count). The molecule has 0 bridgehead atoms. The van der Waals surface area contributed by atoms with Crippen molar-refractivity contribution in [2.75, 3.05) is 9.80 Å². The van der Waals surface area contributed by atoms with E-state index in [1.807, 2.05) is 0 Å². The van der Waals surface area contributed by atoms with Gasteiger partial charge in [0.25, 0.3) is 0 Å². The fourth-order valence-corrected chi connectivity index (χ4v) is 17.9. The second-order valence-corrected chi connectivity index (χ2v) is 27.3. The molecule has 8 aliphatic rings. The molecule has 0 radical (unpaired) electrons. The van der Waals surface area contributed by atoms with Gasteiger partial charge in [0.05, 0.1) is 0 Å². The molecule has 0 amide bonds. The van der Waals surface area contributed by atoms with E-state index in [4.69, 9.17) is 0 Å². The molecular formula is C86H70N2S. The highest BCUT2D eigenvalue weighted by molar-refractivity contribution is 8.00. The number of hydrogen-bond acceptors (Lipinski definition) is 3. The van der Waals surface area contributed by atoms with Gasteiger partial charge in [-0.05, 0) is 199 Å². The molecule has 7 unspecified atom stereocenters. The number of anilines is 4. The van der Waals surface area contributed by atoms with E-state index in [2.05, 4.69) is 327 Å². The van der Waals surface area contributed by atoms with E-state index >= 15 is 0 Å². The minimum atomic E-state index is -0.159. The first kappa shape index (κ1) is 53.8. The van der Waals surface area contributed by atoms with E-state index in [1.165, 1.54) is 134 Å². The standard InChI is InChI=1S/C86H70N2S/c1-56-19-18-27-63(45-56)67-47-66(59-24-10-5-11-25-59)50-74(51-67)87(71-39-36-62-34-37-68-28-16-17-44-86(68,2)82(62)54-71)70-40-42-78-81(53-70)76-30-14-15-31-77(76)84-79-43-41-72(55-83(79)89-85(78)84)88(69-38-35-61-33-32-60-26-12-13-29-75(60)80(61)52-69)73-48-64(57-20-6-3-7-21-57)46-65(49-73)58-22-8-4-9-23-58/h3-18,20-31,34-46,48-54,56,66,68,83-85H,19,32-33,47,55H2,1-2H3. The average Bonchev–Trinajstić information content (AvgIpc) is 1.71. The maximum atomic E-state index is 2.61. The molecule has 7 atom stereocenters. The molecule has 0 N–H and O–H groups in total. The third kappa shape index (κ3) is 9.47. The Morgan fingerprint density at radius 3 is 2.00 bits per heavy atom. The third-order valence-electron chi connectivity index (χ3n) is 20.6. The second kappa shape index (κ2) is 22.0. The minimum absolute atomic E-state index is 0.159. The predicted molar refractivity (Wildman–Crippen MR) is 376 cm³/mol.